The Hall–Kier alpha value is -1.15. The van der Waals surface area contributed by atoms with Crippen molar-refractivity contribution in [3.63, 3.8) is 0 Å². The van der Waals surface area contributed by atoms with Crippen LogP contribution in [0.1, 0.15) is 42.5 Å². The molecule has 96 valence electrons. The van der Waals surface area contributed by atoms with Crippen LogP contribution in [0.2, 0.25) is 0 Å². The average Bonchev–Trinajstić information content (AvgIpc) is 2.63. The van der Waals surface area contributed by atoms with Gasteiger partial charge >= 0.3 is 0 Å². The Bertz CT molecular complexity index is 414. The molecule has 2 aliphatic rings. The largest absolute Gasteiger partial charge is 0.300 e. The van der Waals surface area contributed by atoms with Gasteiger partial charge in [0.1, 0.15) is 0 Å². The molecule has 0 N–H and O–H groups in total. The van der Waals surface area contributed by atoms with Crippen molar-refractivity contribution in [3.8, 4) is 0 Å². The van der Waals surface area contributed by atoms with E-state index in [9.17, 15) is 4.79 Å². The molecule has 18 heavy (non-hydrogen) atoms. The standard InChI is InChI=1S/C16H21NO/c1-17-14-7-8-15(17)10-12(9-14)11-16(18)13-5-3-2-4-6-13/h2-6,12,14-15H,7-11H2,1H3/t12-,14+,15-. The van der Waals surface area contributed by atoms with Crippen LogP contribution in [0.5, 0.6) is 0 Å². The summed E-state index contributed by atoms with van der Waals surface area (Å²) in [7, 11) is 2.25. The third-order valence-electron chi connectivity index (χ3n) is 4.77. The van der Waals surface area contributed by atoms with Gasteiger partial charge < -0.3 is 4.90 Å². The van der Waals surface area contributed by atoms with E-state index in [1.807, 2.05) is 30.3 Å². The molecule has 0 radical (unpaired) electrons. The van der Waals surface area contributed by atoms with Gasteiger partial charge in [-0.3, -0.25) is 4.79 Å². The highest BCUT2D eigenvalue weighted by Crippen LogP contribution is 2.38. The van der Waals surface area contributed by atoms with Gasteiger partial charge in [0.05, 0.1) is 0 Å². The summed E-state index contributed by atoms with van der Waals surface area (Å²) in [6.07, 6.45) is 5.83. The summed E-state index contributed by atoms with van der Waals surface area (Å²) < 4.78 is 0. The fourth-order valence-corrected chi connectivity index (χ4v) is 3.69. The molecule has 0 saturated carbocycles. The highest BCUT2D eigenvalue weighted by Gasteiger charge is 2.38. The van der Waals surface area contributed by atoms with Gasteiger partial charge in [0.15, 0.2) is 5.78 Å². The van der Waals surface area contributed by atoms with Crippen LogP contribution in [-0.4, -0.2) is 29.8 Å². The van der Waals surface area contributed by atoms with Crippen LogP contribution in [0.25, 0.3) is 0 Å². The third-order valence-corrected chi connectivity index (χ3v) is 4.77. The number of rotatable bonds is 3. The number of fused-ring (bicyclic) bond motifs is 2. The van der Waals surface area contributed by atoms with E-state index in [1.165, 1.54) is 25.7 Å². The Labute approximate surface area is 109 Å². The van der Waals surface area contributed by atoms with Crippen LogP contribution in [0.3, 0.4) is 0 Å². The fraction of sp³-hybridized carbons (Fsp3) is 0.562. The van der Waals surface area contributed by atoms with Crippen molar-refractivity contribution in [2.24, 2.45) is 5.92 Å². The Morgan fingerprint density at radius 3 is 2.39 bits per heavy atom. The zero-order valence-electron chi connectivity index (χ0n) is 11.0. The Morgan fingerprint density at radius 1 is 1.17 bits per heavy atom. The summed E-state index contributed by atoms with van der Waals surface area (Å²) in [5, 5.41) is 0. The van der Waals surface area contributed by atoms with E-state index in [-0.39, 0.29) is 0 Å². The molecule has 2 fully saturated rings. The van der Waals surface area contributed by atoms with Gasteiger partial charge in [0.2, 0.25) is 0 Å². The van der Waals surface area contributed by atoms with Crippen LogP contribution in [0.15, 0.2) is 30.3 Å². The van der Waals surface area contributed by atoms with Crippen LogP contribution >= 0.6 is 0 Å². The Balaban J connectivity index is 1.63. The third kappa shape index (κ3) is 2.22. The van der Waals surface area contributed by atoms with E-state index in [4.69, 9.17) is 0 Å². The minimum atomic E-state index is 0.324. The van der Waals surface area contributed by atoms with Crippen LogP contribution < -0.4 is 0 Å². The number of Topliss-reactive ketones (excluding diaryl/α,β-unsaturated/α-hetero) is 1. The molecule has 0 amide bonds. The highest BCUT2D eigenvalue weighted by molar-refractivity contribution is 5.96. The van der Waals surface area contributed by atoms with Gasteiger partial charge in [-0.1, -0.05) is 30.3 Å². The summed E-state index contributed by atoms with van der Waals surface area (Å²) in [6, 6.07) is 11.2. The van der Waals surface area contributed by atoms with Crippen molar-refractivity contribution < 1.29 is 4.79 Å². The Kier molecular flexibility index (Phi) is 3.21. The van der Waals surface area contributed by atoms with Crippen molar-refractivity contribution in [3.05, 3.63) is 35.9 Å². The molecule has 2 saturated heterocycles. The van der Waals surface area contributed by atoms with Crippen molar-refractivity contribution >= 4 is 5.78 Å². The normalized spacial score (nSPS) is 31.5. The van der Waals surface area contributed by atoms with E-state index in [0.29, 0.717) is 11.7 Å². The van der Waals surface area contributed by atoms with Crippen LogP contribution in [0.4, 0.5) is 0 Å². The number of carbonyl (C=O) groups excluding carboxylic acids is 1. The lowest BCUT2D eigenvalue weighted by Gasteiger charge is -2.36. The van der Waals surface area contributed by atoms with Crippen LogP contribution in [-0.2, 0) is 0 Å². The average molecular weight is 243 g/mol. The van der Waals surface area contributed by atoms with Crippen molar-refractivity contribution in [2.75, 3.05) is 7.05 Å². The quantitative estimate of drug-likeness (QED) is 0.760. The first-order valence-electron chi connectivity index (χ1n) is 7.04. The fourth-order valence-electron chi connectivity index (χ4n) is 3.69. The summed E-state index contributed by atoms with van der Waals surface area (Å²) in [5.74, 6) is 0.927. The van der Waals surface area contributed by atoms with Crippen LogP contribution in [0, 0.1) is 5.92 Å². The molecule has 2 aliphatic heterocycles. The highest BCUT2D eigenvalue weighted by atomic mass is 16.1. The summed E-state index contributed by atoms with van der Waals surface area (Å²) in [5.41, 5.74) is 0.878. The molecular weight excluding hydrogens is 222 g/mol. The predicted octanol–water partition coefficient (Wildman–Crippen LogP) is 3.13. The maximum atomic E-state index is 12.2. The van der Waals surface area contributed by atoms with Gasteiger partial charge in [0, 0.05) is 24.1 Å². The zero-order chi connectivity index (χ0) is 12.5. The molecule has 3 atom stereocenters. The topological polar surface area (TPSA) is 20.3 Å². The molecule has 0 aromatic heterocycles. The van der Waals surface area contributed by atoms with E-state index < -0.39 is 0 Å². The summed E-state index contributed by atoms with van der Waals surface area (Å²) in [6.45, 7) is 0. The van der Waals surface area contributed by atoms with Gasteiger partial charge in [-0.2, -0.15) is 0 Å². The maximum Gasteiger partial charge on any atom is 0.163 e. The van der Waals surface area contributed by atoms with Crippen molar-refractivity contribution in [2.45, 2.75) is 44.2 Å². The molecule has 1 aromatic rings. The van der Waals surface area contributed by atoms with Gasteiger partial charge in [-0.25, -0.2) is 0 Å². The first-order chi connectivity index (χ1) is 8.74. The minimum Gasteiger partial charge on any atom is -0.300 e. The molecule has 0 unspecified atom stereocenters. The molecule has 2 nitrogen and oxygen atoms in total. The lowest BCUT2D eigenvalue weighted by Crippen LogP contribution is -2.40. The molecule has 0 aliphatic carbocycles. The molecule has 1 aromatic carbocycles. The van der Waals surface area contributed by atoms with E-state index >= 15 is 0 Å². The second-order valence-electron chi connectivity index (χ2n) is 5.88. The molecule has 2 bridgehead atoms. The summed E-state index contributed by atoms with van der Waals surface area (Å²) >= 11 is 0. The number of carbonyl (C=O) groups is 1. The van der Waals surface area contributed by atoms with E-state index in [2.05, 4.69) is 11.9 Å². The number of piperidine rings is 1. The Morgan fingerprint density at radius 2 is 1.78 bits per heavy atom. The predicted molar refractivity (Wildman–Crippen MR) is 72.7 cm³/mol. The molecule has 0 spiro atoms. The molecular formula is C16H21NO. The van der Waals surface area contributed by atoms with Crippen molar-refractivity contribution in [1.29, 1.82) is 0 Å². The second kappa shape index (κ2) is 4.85. The number of hydrogen-bond acceptors (Lipinski definition) is 2. The number of ketones is 1. The lowest BCUT2D eigenvalue weighted by molar-refractivity contribution is 0.0882. The van der Waals surface area contributed by atoms with E-state index in [1.54, 1.807) is 0 Å². The lowest BCUT2D eigenvalue weighted by atomic mass is 9.86. The first kappa shape index (κ1) is 11.9. The van der Waals surface area contributed by atoms with E-state index in [0.717, 1.165) is 24.1 Å². The number of hydrogen-bond donors (Lipinski definition) is 0. The minimum absolute atomic E-state index is 0.324. The SMILES string of the molecule is CN1[C@@H]2CC[C@H]1C[C@@H](CC(=O)c1ccccc1)C2. The van der Waals surface area contributed by atoms with Gasteiger partial charge in [0.25, 0.3) is 0 Å². The monoisotopic (exact) mass is 243 g/mol. The molecule has 3 rings (SSSR count). The number of nitrogens with zero attached hydrogens (tertiary/aromatic N) is 1. The maximum absolute atomic E-state index is 12.2. The smallest absolute Gasteiger partial charge is 0.163 e. The van der Waals surface area contributed by atoms with Crippen molar-refractivity contribution in [1.82, 2.24) is 4.90 Å². The first-order valence-corrected chi connectivity index (χ1v) is 7.04. The molecule has 2 heterocycles. The number of benzene rings is 1. The summed E-state index contributed by atoms with van der Waals surface area (Å²) in [4.78, 5) is 14.7. The second-order valence-corrected chi connectivity index (χ2v) is 5.88. The van der Waals surface area contributed by atoms with Gasteiger partial charge in [-0.05, 0) is 38.6 Å². The van der Waals surface area contributed by atoms with Gasteiger partial charge in [-0.15, -0.1) is 0 Å². The molecule has 2 heteroatoms. The zero-order valence-corrected chi connectivity index (χ0v) is 11.0.